The Morgan fingerprint density at radius 1 is 1.03 bits per heavy atom. The monoisotopic (exact) mass is 452 g/mol. The number of aliphatic hydroxyl groups excluding tert-OH is 1. The number of thioether (sulfide) groups is 1. The highest BCUT2D eigenvalue weighted by atomic mass is 32.2. The number of nitrogens with two attached hydrogens (primary N) is 1. The van der Waals surface area contributed by atoms with Gasteiger partial charge in [-0.15, -0.1) is 0 Å². The zero-order valence-corrected chi connectivity index (χ0v) is 18.6. The number of hydrogen-bond acceptors (Lipinski definition) is 8. The van der Waals surface area contributed by atoms with E-state index in [1.165, 1.54) is 11.8 Å². The van der Waals surface area contributed by atoms with Gasteiger partial charge in [-0.3, -0.25) is 14.4 Å². The summed E-state index contributed by atoms with van der Waals surface area (Å²) in [4.78, 5) is 48.1. The number of carboxylic acid groups (broad SMARTS) is 1. The number of rotatable bonds is 14. The smallest absolute Gasteiger partial charge is 0.326 e. The number of nitrogens with one attached hydrogen (secondary N) is 3. The van der Waals surface area contributed by atoms with Crippen LogP contribution in [-0.4, -0.2) is 82.4 Å². The summed E-state index contributed by atoms with van der Waals surface area (Å²) in [5, 5.41) is 25.7. The van der Waals surface area contributed by atoms with Crippen molar-refractivity contribution in [1.29, 1.82) is 0 Å². The molecule has 0 radical (unpaired) electrons. The summed E-state index contributed by atoms with van der Waals surface area (Å²) in [7, 11) is 0. The molecule has 0 aliphatic rings. The van der Waals surface area contributed by atoms with Crippen LogP contribution in [0.5, 0.6) is 0 Å². The summed E-state index contributed by atoms with van der Waals surface area (Å²) in [5.41, 5.74) is 5.81. The molecule has 0 saturated heterocycles. The van der Waals surface area contributed by atoms with Gasteiger partial charge in [0.2, 0.25) is 17.7 Å². The van der Waals surface area contributed by atoms with Crippen molar-refractivity contribution >= 4 is 48.1 Å². The molecular weight excluding hydrogens is 420 g/mol. The molecule has 168 valence electrons. The number of amides is 3. The quantitative estimate of drug-likeness (QED) is 0.157. The van der Waals surface area contributed by atoms with E-state index < -0.39 is 54.5 Å². The lowest BCUT2D eigenvalue weighted by atomic mass is 9.99. The normalized spacial score (nSPS) is 16.1. The van der Waals surface area contributed by atoms with Gasteiger partial charge in [-0.25, -0.2) is 4.79 Å². The fraction of sp³-hybridized carbons (Fsp3) is 0.765. The van der Waals surface area contributed by atoms with Gasteiger partial charge in [0, 0.05) is 5.75 Å². The van der Waals surface area contributed by atoms with Crippen molar-refractivity contribution in [3.05, 3.63) is 0 Å². The van der Waals surface area contributed by atoms with Crippen LogP contribution in [0.25, 0.3) is 0 Å². The van der Waals surface area contributed by atoms with E-state index in [1.54, 1.807) is 6.92 Å². The first-order chi connectivity index (χ1) is 13.6. The van der Waals surface area contributed by atoms with Gasteiger partial charge in [0.1, 0.15) is 18.1 Å². The van der Waals surface area contributed by atoms with Crippen molar-refractivity contribution in [2.24, 2.45) is 11.7 Å². The van der Waals surface area contributed by atoms with Crippen LogP contribution in [0.3, 0.4) is 0 Å². The average Bonchev–Trinajstić information content (AvgIpc) is 2.70. The Labute approximate surface area is 180 Å². The molecule has 0 aromatic carbocycles. The van der Waals surface area contributed by atoms with Crippen LogP contribution in [0.4, 0.5) is 0 Å². The predicted octanol–water partition coefficient (Wildman–Crippen LogP) is -1.43. The van der Waals surface area contributed by atoms with E-state index in [0.717, 1.165) is 0 Å². The molecule has 0 fully saturated rings. The Hall–Kier alpha value is -1.50. The molecule has 0 bridgehead atoms. The van der Waals surface area contributed by atoms with Crippen LogP contribution < -0.4 is 21.7 Å². The van der Waals surface area contributed by atoms with Gasteiger partial charge in [0.25, 0.3) is 0 Å². The lowest BCUT2D eigenvalue weighted by Crippen LogP contribution is -2.59. The fourth-order valence-electron chi connectivity index (χ4n) is 2.21. The van der Waals surface area contributed by atoms with Gasteiger partial charge in [-0.2, -0.15) is 24.4 Å². The maximum absolute atomic E-state index is 12.4. The zero-order valence-electron chi connectivity index (χ0n) is 16.9. The first kappa shape index (κ1) is 27.5. The summed E-state index contributed by atoms with van der Waals surface area (Å²) in [5.74, 6) is -3.00. The molecule has 0 saturated carbocycles. The molecule has 0 spiro atoms. The molecule has 5 atom stereocenters. The van der Waals surface area contributed by atoms with Gasteiger partial charge in [0.15, 0.2) is 0 Å². The number of carboxylic acids is 1. The molecule has 0 heterocycles. The van der Waals surface area contributed by atoms with Crippen molar-refractivity contribution in [2.75, 3.05) is 24.4 Å². The van der Waals surface area contributed by atoms with Crippen molar-refractivity contribution < 1.29 is 29.4 Å². The summed E-state index contributed by atoms with van der Waals surface area (Å²) < 4.78 is 0. The highest BCUT2D eigenvalue weighted by molar-refractivity contribution is 7.98. The maximum atomic E-state index is 12.4. The van der Waals surface area contributed by atoms with E-state index in [-0.39, 0.29) is 18.1 Å². The molecule has 10 nitrogen and oxygen atoms in total. The standard InChI is InChI=1S/C17H32N4O6S2/c1-4-9(2)13(18)16(25)20-11(7-22)14(23)21-12(8-28)15(24)19-10(17(26)27)5-6-29-3/h9-13,22,28H,4-8,18H2,1-3H3,(H,19,24)(H,20,25)(H,21,23)(H,26,27). The highest BCUT2D eigenvalue weighted by Crippen LogP contribution is 2.06. The third kappa shape index (κ3) is 9.70. The van der Waals surface area contributed by atoms with Gasteiger partial charge < -0.3 is 31.9 Å². The number of hydrogen-bond donors (Lipinski definition) is 7. The molecule has 0 aliphatic carbocycles. The Balaban J connectivity index is 4.98. The largest absolute Gasteiger partial charge is 0.480 e. The van der Waals surface area contributed by atoms with E-state index in [9.17, 15) is 29.4 Å². The van der Waals surface area contributed by atoms with E-state index in [0.29, 0.717) is 12.2 Å². The maximum Gasteiger partial charge on any atom is 0.326 e. The van der Waals surface area contributed by atoms with Crippen LogP contribution in [-0.2, 0) is 19.2 Å². The summed E-state index contributed by atoms with van der Waals surface area (Å²) in [6, 6.07) is -4.40. The number of thiol groups is 1. The zero-order chi connectivity index (χ0) is 22.6. The second-order valence-corrected chi connectivity index (χ2v) is 7.93. The second kappa shape index (κ2) is 14.5. The van der Waals surface area contributed by atoms with E-state index in [4.69, 9.17) is 5.73 Å². The molecule has 29 heavy (non-hydrogen) atoms. The number of aliphatic carboxylic acids is 1. The minimum atomic E-state index is -1.31. The van der Waals surface area contributed by atoms with Crippen LogP contribution in [0.2, 0.25) is 0 Å². The highest BCUT2D eigenvalue weighted by Gasteiger charge is 2.30. The van der Waals surface area contributed by atoms with E-state index in [2.05, 4.69) is 28.6 Å². The second-order valence-electron chi connectivity index (χ2n) is 6.58. The molecule has 0 aromatic heterocycles. The van der Waals surface area contributed by atoms with Crippen molar-refractivity contribution in [3.8, 4) is 0 Å². The minimum Gasteiger partial charge on any atom is -0.480 e. The molecule has 5 unspecified atom stereocenters. The lowest BCUT2D eigenvalue weighted by Gasteiger charge is -2.24. The molecule has 3 amide bonds. The Bertz CT molecular complexity index is 566. The van der Waals surface area contributed by atoms with Crippen LogP contribution >= 0.6 is 24.4 Å². The predicted molar refractivity (Wildman–Crippen MR) is 115 cm³/mol. The SMILES string of the molecule is CCC(C)C(N)C(=O)NC(CO)C(=O)NC(CS)C(=O)NC(CCSC)C(=O)O. The first-order valence-electron chi connectivity index (χ1n) is 9.22. The summed E-state index contributed by atoms with van der Waals surface area (Å²) >= 11 is 5.46. The molecule has 7 N–H and O–H groups in total. The van der Waals surface area contributed by atoms with Gasteiger partial charge in [0.05, 0.1) is 12.6 Å². The van der Waals surface area contributed by atoms with Crippen LogP contribution in [0.1, 0.15) is 26.7 Å². The average molecular weight is 453 g/mol. The summed E-state index contributed by atoms with van der Waals surface area (Å²) in [6.07, 6.45) is 2.69. The Morgan fingerprint density at radius 3 is 2.00 bits per heavy atom. The third-order valence-corrected chi connectivity index (χ3v) is 5.43. The van der Waals surface area contributed by atoms with Crippen LogP contribution in [0, 0.1) is 5.92 Å². The number of carbonyl (C=O) groups excluding carboxylic acids is 3. The van der Waals surface area contributed by atoms with E-state index in [1.807, 2.05) is 13.2 Å². The molecule has 0 aliphatic heterocycles. The lowest BCUT2D eigenvalue weighted by molar-refractivity contribution is -0.142. The molecule has 0 rings (SSSR count). The topological polar surface area (TPSA) is 171 Å². The van der Waals surface area contributed by atoms with Crippen molar-refractivity contribution in [2.45, 2.75) is 50.9 Å². The first-order valence-corrected chi connectivity index (χ1v) is 11.3. The van der Waals surface area contributed by atoms with E-state index >= 15 is 0 Å². The summed E-state index contributed by atoms with van der Waals surface area (Å²) in [6.45, 7) is 2.96. The van der Waals surface area contributed by atoms with Gasteiger partial charge in [-0.1, -0.05) is 20.3 Å². The Kier molecular flexibility index (Phi) is 13.7. The van der Waals surface area contributed by atoms with Crippen molar-refractivity contribution in [3.63, 3.8) is 0 Å². The minimum absolute atomic E-state index is 0.106. The Morgan fingerprint density at radius 2 is 1.55 bits per heavy atom. The fourth-order valence-corrected chi connectivity index (χ4v) is 2.93. The number of carbonyl (C=O) groups is 4. The van der Waals surface area contributed by atoms with Gasteiger partial charge >= 0.3 is 5.97 Å². The molecular formula is C17H32N4O6S2. The third-order valence-electron chi connectivity index (χ3n) is 4.42. The van der Waals surface area contributed by atoms with Crippen LogP contribution in [0.15, 0.2) is 0 Å². The molecule has 12 heteroatoms. The molecule has 0 aromatic rings. The van der Waals surface area contributed by atoms with Crippen molar-refractivity contribution in [1.82, 2.24) is 16.0 Å². The van der Waals surface area contributed by atoms with Gasteiger partial charge in [-0.05, 0) is 24.3 Å². The number of aliphatic hydroxyl groups is 1.